The van der Waals surface area contributed by atoms with Crippen LogP contribution in [-0.2, 0) is 0 Å². The van der Waals surface area contributed by atoms with Gasteiger partial charge in [-0.3, -0.25) is 9.38 Å². The minimum Gasteiger partial charge on any atom is -0.382 e. The van der Waals surface area contributed by atoms with Gasteiger partial charge < -0.3 is 5.11 Å². The number of rotatable bonds is 3. The van der Waals surface area contributed by atoms with Gasteiger partial charge in [-0.05, 0) is 17.7 Å². The van der Waals surface area contributed by atoms with E-state index >= 15 is 0 Å². The molecule has 7 heteroatoms. The molecule has 1 aromatic carbocycles. The normalized spacial score (nSPS) is 13.0. The van der Waals surface area contributed by atoms with E-state index in [1.807, 2.05) is 0 Å². The summed E-state index contributed by atoms with van der Waals surface area (Å²) >= 11 is 0. The number of aliphatic hydroxyl groups is 1. The molecular weight excluding hydrogens is 283 g/mol. The molecule has 0 aliphatic heterocycles. The number of nitrogens with zero attached hydrogens (tertiary/aromatic N) is 3. The number of benzene rings is 1. The highest BCUT2D eigenvalue weighted by Crippen LogP contribution is 2.31. The third-order valence-corrected chi connectivity index (χ3v) is 3.20. The summed E-state index contributed by atoms with van der Waals surface area (Å²) in [5.41, 5.74) is 0.199. The molecule has 1 N–H and O–H groups in total. The van der Waals surface area contributed by atoms with Gasteiger partial charge in [0, 0.05) is 18.0 Å². The van der Waals surface area contributed by atoms with Gasteiger partial charge in [-0.2, -0.15) is 0 Å². The molecule has 0 saturated heterocycles. The number of fused-ring (bicyclic) bond motifs is 1. The molecule has 2 heterocycles. The lowest BCUT2D eigenvalue weighted by molar-refractivity contribution is 0.142. The second-order valence-electron chi connectivity index (χ2n) is 4.46. The fraction of sp³-hybridized carbons (Fsp3) is 0.143. The molecule has 0 spiro atoms. The van der Waals surface area contributed by atoms with Crippen LogP contribution in [0.3, 0.4) is 0 Å². The molecule has 4 nitrogen and oxygen atoms in total. The highest BCUT2D eigenvalue weighted by Gasteiger charge is 2.23. The van der Waals surface area contributed by atoms with Crippen LogP contribution in [0.1, 0.15) is 29.4 Å². The number of hydrogen-bond acceptors (Lipinski definition) is 3. The minimum atomic E-state index is -2.88. The topological polar surface area (TPSA) is 50.4 Å². The molecule has 21 heavy (non-hydrogen) atoms. The number of aromatic nitrogens is 3. The molecule has 0 aliphatic rings. The van der Waals surface area contributed by atoms with Crippen molar-refractivity contribution < 1.29 is 18.3 Å². The first-order chi connectivity index (χ1) is 10.1. The van der Waals surface area contributed by atoms with E-state index in [1.54, 1.807) is 6.20 Å². The standard InChI is InChI=1S/C14H10F3N3O/c15-8-1-2-9(10(5-8)14(16)17)13(21)11-6-19-12-7-18-3-4-20(11)12/h1-7,13-14,21H. The van der Waals surface area contributed by atoms with Gasteiger partial charge in [0.25, 0.3) is 6.43 Å². The first-order valence-corrected chi connectivity index (χ1v) is 6.10. The Morgan fingerprint density at radius 1 is 1.14 bits per heavy atom. The van der Waals surface area contributed by atoms with Gasteiger partial charge in [0.15, 0.2) is 5.65 Å². The lowest BCUT2D eigenvalue weighted by Gasteiger charge is -2.15. The largest absolute Gasteiger partial charge is 0.382 e. The van der Waals surface area contributed by atoms with E-state index in [-0.39, 0.29) is 5.56 Å². The Bertz CT molecular complexity index is 788. The van der Waals surface area contributed by atoms with Crippen LogP contribution in [-0.4, -0.2) is 19.5 Å². The van der Waals surface area contributed by atoms with Crippen LogP contribution < -0.4 is 0 Å². The second kappa shape index (κ2) is 5.17. The highest BCUT2D eigenvalue weighted by atomic mass is 19.3. The van der Waals surface area contributed by atoms with Gasteiger partial charge in [0.1, 0.15) is 11.9 Å². The average molecular weight is 293 g/mol. The van der Waals surface area contributed by atoms with Crippen molar-refractivity contribution in [1.82, 2.24) is 14.4 Å². The molecule has 1 atom stereocenters. The van der Waals surface area contributed by atoms with E-state index in [0.29, 0.717) is 11.3 Å². The lowest BCUT2D eigenvalue weighted by Crippen LogP contribution is -2.07. The summed E-state index contributed by atoms with van der Waals surface area (Å²) in [6, 6.07) is 2.92. The van der Waals surface area contributed by atoms with Crippen molar-refractivity contribution in [3.05, 3.63) is 65.6 Å². The summed E-state index contributed by atoms with van der Waals surface area (Å²) in [6.07, 6.45) is 1.68. The van der Waals surface area contributed by atoms with Crippen molar-refractivity contribution in [3.63, 3.8) is 0 Å². The molecule has 0 aliphatic carbocycles. The fourth-order valence-corrected chi connectivity index (χ4v) is 2.21. The molecule has 0 bridgehead atoms. The van der Waals surface area contributed by atoms with Gasteiger partial charge >= 0.3 is 0 Å². The Morgan fingerprint density at radius 2 is 1.95 bits per heavy atom. The van der Waals surface area contributed by atoms with Crippen molar-refractivity contribution in [2.45, 2.75) is 12.5 Å². The number of alkyl halides is 2. The summed E-state index contributed by atoms with van der Waals surface area (Å²) < 4.78 is 40.7. The SMILES string of the molecule is OC(c1ccc(F)cc1C(F)F)c1cnc2cnccn12. The molecular formula is C14H10F3N3O. The van der Waals surface area contributed by atoms with Gasteiger partial charge in [0.05, 0.1) is 18.1 Å². The molecule has 0 fully saturated rings. The maximum atomic E-state index is 13.1. The Balaban J connectivity index is 2.12. The number of aliphatic hydroxyl groups excluding tert-OH is 1. The van der Waals surface area contributed by atoms with Crippen LogP contribution in [0.25, 0.3) is 5.65 Å². The zero-order chi connectivity index (χ0) is 15.0. The Hall–Kier alpha value is -2.41. The summed E-state index contributed by atoms with van der Waals surface area (Å²) in [6.45, 7) is 0. The zero-order valence-electron chi connectivity index (χ0n) is 10.6. The molecule has 0 saturated carbocycles. The lowest BCUT2D eigenvalue weighted by atomic mass is 10.0. The van der Waals surface area contributed by atoms with Crippen LogP contribution in [0.4, 0.5) is 13.2 Å². The summed E-state index contributed by atoms with van der Waals surface area (Å²) in [5.74, 6) is -0.774. The van der Waals surface area contributed by atoms with Crippen LogP contribution in [0, 0.1) is 5.82 Å². The molecule has 3 rings (SSSR count). The number of hydrogen-bond donors (Lipinski definition) is 1. The van der Waals surface area contributed by atoms with Gasteiger partial charge in [-0.25, -0.2) is 18.2 Å². The molecule has 108 valence electrons. The Kier molecular flexibility index (Phi) is 3.34. The van der Waals surface area contributed by atoms with E-state index in [4.69, 9.17) is 0 Å². The summed E-state index contributed by atoms with van der Waals surface area (Å²) in [5, 5.41) is 10.4. The monoisotopic (exact) mass is 293 g/mol. The number of imidazole rings is 1. The smallest absolute Gasteiger partial charge is 0.264 e. The van der Waals surface area contributed by atoms with Crippen molar-refractivity contribution in [1.29, 1.82) is 0 Å². The van der Waals surface area contributed by atoms with Crippen LogP contribution in [0.2, 0.25) is 0 Å². The van der Waals surface area contributed by atoms with Crippen LogP contribution in [0.5, 0.6) is 0 Å². The van der Waals surface area contributed by atoms with E-state index in [0.717, 1.165) is 18.2 Å². The van der Waals surface area contributed by atoms with Crippen molar-refractivity contribution in [2.24, 2.45) is 0 Å². The Morgan fingerprint density at radius 3 is 2.71 bits per heavy atom. The molecule has 1 unspecified atom stereocenters. The number of halogens is 3. The first-order valence-electron chi connectivity index (χ1n) is 6.10. The predicted molar refractivity (Wildman–Crippen MR) is 68.4 cm³/mol. The third-order valence-electron chi connectivity index (χ3n) is 3.20. The van der Waals surface area contributed by atoms with Crippen molar-refractivity contribution >= 4 is 5.65 Å². The quantitative estimate of drug-likeness (QED) is 0.808. The third kappa shape index (κ3) is 2.36. The second-order valence-corrected chi connectivity index (χ2v) is 4.46. The van der Waals surface area contributed by atoms with Gasteiger partial charge in [0.2, 0.25) is 0 Å². The molecule has 2 aromatic heterocycles. The van der Waals surface area contributed by atoms with Crippen LogP contribution in [0.15, 0.2) is 43.0 Å². The maximum absolute atomic E-state index is 13.1. The van der Waals surface area contributed by atoms with E-state index in [9.17, 15) is 18.3 Å². The van der Waals surface area contributed by atoms with Gasteiger partial charge in [-0.15, -0.1) is 0 Å². The Labute approximate surface area is 117 Å². The minimum absolute atomic E-state index is 0.0509. The van der Waals surface area contributed by atoms with E-state index < -0.39 is 23.9 Å². The first kappa shape index (κ1) is 13.6. The predicted octanol–water partition coefficient (Wildman–Crippen LogP) is 2.89. The highest BCUT2D eigenvalue weighted by molar-refractivity contribution is 5.41. The van der Waals surface area contributed by atoms with E-state index in [2.05, 4.69) is 9.97 Å². The summed E-state index contributed by atoms with van der Waals surface area (Å²) in [4.78, 5) is 7.92. The maximum Gasteiger partial charge on any atom is 0.264 e. The summed E-state index contributed by atoms with van der Waals surface area (Å²) in [7, 11) is 0. The molecule has 0 amide bonds. The molecule has 3 aromatic rings. The van der Waals surface area contributed by atoms with Crippen molar-refractivity contribution in [3.8, 4) is 0 Å². The van der Waals surface area contributed by atoms with Crippen LogP contribution >= 0.6 is 0 Å². The van der Waals surface area contributed by atoms with Crippen molar-refractivity contribution in [2.75, 3.05) is 0 Å². The fourth-order valence-electron chi connectivity index (χ4n) is 2.21. The van der Waals surface area contributed by atoms with E-state index in [1.165, 1.54) is 23.0 Å². The zero-order valence-corrected chi connectivity index (χ0v) is 10.6. The molecule has 0 radical (unpaired) electrons. The average Bonchev–Trinajstić information content (AvgIpc) is 2.90. The van der Waals surface area contributed by atoms with Gasteiger partial charge in [-0.1, -0.05) is 6.07 Å².